The van der Waals surface area contributed by atoms with Gasteiger partial charge in [-0.1, -0.05) is 60.8 Å². The van der Waals surface area contributed by atoms with Gasteiger partial charge < -0.3 is 14.6 Å². The van der Waals surface area contributed by atoms with Crippen LogP contribution in [0.2, 0.25) is 10.0 Å². The number of unbranched alkanes of at least 4 members (excludes halogenated alkanes) is 1. The van der Waals surface area contributed by atoms with Crippen LogP contribution in [0.3, 0.4) is 0 Å². The molecule has 0 saturated heterocycles. The van der Waals surface area contributed by atoms with E-state index in [1.54, 1.807) is 0 Å². The van der Waals surface area contributed by atoms with Gasteiger partial charge in [0.25, 0.3) is 0 Å². The van der Waals surface area contributed by atoms with Gasteiger partial charge in [-0.3, -0.25) is 0 Å². The number of fused-ring (bicyclic) bond motifs is 1. The van der Waals surface area contributed by atoms with Crippen LogP contribution < -0.4 is 5.32 Å². The quantitative estimate of drug-likeness (QED) is 0.370. The molecule has 0 spiro atoms. The summed E-state index contributed by atoms with van der Waals surface area (Å²) in [6.45, 7) is 6.46. The first-order valence-electron chi connectivity index (χ1n) is 9.98. The molecule has 0 radical (unpaired) electrons. The highest BCUT2D eigenvalue weighted by Crippen LogP contribution is 2.26. The molecule has 3 aromatic rings. The maximum atomic E-state index is 6.18. The van der Waals surface area contributed by atoms with E-state index in [9.17, 15) is 0 Å². The standard InChI is InChI=1S/C23H28Cl2N2O/c1-2-3-12-28-13-6-11-26-15-19-17-27(23-8-5-4-7-20(19)23)16-18-9-10-21(24)22(25)14-18/h4-5,7-10,14,17,26H,2-3,6,11-13,15-16H2,1H3. The zero-order valence-electron chi connectivity index (χ0n) is 16.4. The Hall–Kier alpha value is -1.52. The van der Waals surface area contributed by atoms with Gasteiger partial charge in [-0.15, -0.1) is 0 Å². The van der Waals surface area contributed by atoms with Crippen LogP contribution in [0.25, 0.3) is 10.9 Å². The van der Waals surface area contributed by atoms with Gasteiger partial charge in [0.1, 0.15) is 0 Å². The molecule has 0 unspecified atom stereocenters. The van der Waals surface area contributed by atoms with E-state index in [1.165, 1.54) is 22.9 Å². The van der Waals surface area contributed by atoms with Crippen LogP contribution >= 0.6 is 23.2 Å². The summed E-state index contributed by atoms with van der Waals surface area (Å²) in [4.78, 5) is 0. The van der Waals surface area contributed by atoms with E-state index in [-0.39, 0.29) is 0 Å². The minimum Gasteiger partial charge on any atom is -0.381 e. The molecule has 3 rings (SSSR count). The van der Waals surface area contributed by atoms with Crippen LogP contribution in [0.1, 0.15) is 37.3 Å². The van der Waals surface area contributed by atoms with Crippen LogP contribution in [0.5, 0.6) is 0 Å². The van der Waals surface area contributed by atoms with Crippen molar-refractivity contribution in [3.8, 4) is 0 Å². The topological polar surface area (TPSA) is 26.2 Å². The zero-order chi connectivity index (χ0) is 19.8. The third kappa shape index (κ3) is 5.74. The van der Waals surface area contributed by atoms with Gasteiger partial charge in [0.15, 0.2) is 0 Å². The number of nitrogens with zero attached hydrogens (tertiary/aromatic N) is 1. The Morgan fingerprint density at radius 1 is 1.00 bits per heavy atom. The maximum absolute atomic E-state index is 6.18. The Bertz CT molecular complexity index is 891. The van der Waals surface area contributed by atoms with E-state index in [0.717, 1.165) is 51.3 Å². The SMILES string of the molecule is CCCCOCCCNCc1cn(Cc2ccc(Cl)c(Cl)c2)c2ccccc12. The first kappa shape index (κ1) is 21.2. The molecule has 0 aliphatic heterocycles. The van der Waals surface area contributed by atoms with E-state index in [1.807, 2.05) is 18.2 Å². The molecule has 150 valence electrons. The largest absolute Gasteiger partial charge is 0.381 e. The molecule has 1 heterocycles. The first-order chi connectivity index (χ1) is 13.7. The third-order valence-electron chi connectivity index (χ3n) is 4.81. The van der Waals surface area contributed by atoms with Crippen molar-refractivity contribution in [1.29, 1.82) is 0 Å². The molecule has 2 aromatic carbocycles. The van der Waals surface area contributed by atoms with E-state index < -0.39 is 0 Å². The molecule has 28 heavy (non-hydrogen) atoms. The smallest absolute Gasteiger partial charge is 0.0595 e. The zero-order valence-corrected chi connectivity index (χ0v) is 17.9. The minimum atomic E-state index is 0.589. The summed E-state index contributed by atoms with van der Waals surface area (Å²) < 4.78 is 7.90. The lowest BCUT2D eigenvalue weighted by Crippen LogP contribution is -2.16. The van der Waals surface area contributed by atoms with E-state index in [4.69, 9.17) is 27.9 Å². The highest BCUT2D eigenvalue weighted by molar-refractivity contribution is 6.42. The molecule has 5 heteroatoms. The molecule has 0 saturated carbocycles. The predicted molar refractivity (Wildman–Crippen MR) is 120 cm³/mol. The second-order valence-electron chi connectivity index (χ2n) is 7.04. The number of benzene rings is 2. The Morgan fingerprint density at radius 3 is 2.64 bits per heavy atom. The molecule has 0 aliphatic rings. The van der Waals surface area contributed by atoms with E-state index >= 15 is 0 Å². The number of halogens is 2. The van der Waals surface area contributed by atoms with Crippen molar-refractivity contribution in [2.75, 3.05) is 19.8 Å². The average molecular weight is 419 g/mol. The average Bonchev–Trinajstić information content (AvgIpc) is 3.04. The lowest BCUT2D eigenvalue weighted by molar-refractivity contribution is 0.129. The Balaban J connectivity index is 1.61. The Kier molecular flexibility index (Phi) is 8.23. The third-order valence-corrected chi connectivity index (χ3v) is 5.55. The number of ether oxygens (including phenoxy) is 1. The van der Waals surface area contributed by atoms with Crippen LogP contribution in [0.4, 0.5) is 0 Å². The van der Waals surface area contributed by atoms with Crippen molar-refractivity contribution in [2.24, 2.45) is 0 Å². The van der Waals surface area contributed by atoms with E-state index in [0.29, 0.717) is 10.0 Å². The summed E-state index contributed by atoms with van der Waals surface area (Å²) in [6, 6.07) is 14.4. The molecule has 0 atom stereocenters. The van der Waals surface area contributed by atoms with Crippen molar-refractivity contribution >= 4 is 34.1 Å². The minimum absolute atomic E-state index is 0.589. The summed E-state index contributed by atoms with van der Waals surface area (Å²) in [6.07, 6.45) is 5.60. The Labute approximate surface area is 177 Å². The van der Waals surface area contributed by atoms with Crippen molar-refractivity contribution < 1.29 is 4.74 Å². The molecule has 1 aromatic heterocycles. The summed E-state index contributed by atoms with van der Waals surface area (Å²) in [5.74, 6) is 0. The molecule has 1 N–H and O–H groups in total. The summed E-state index contributed by atoms with van der Waals surface area (Å²) >= 11 is 12.2. The van der Waals surface area contributed by atoms with Gasteiger partial charge in [0.2, 0.25) is 0 Å². The normalized spacial score (nSPS) is 11.4. The first-order valence-corrected chi connectivity index (χ1v) is 10.7. The lowest BCUT2D eigenvalue weighted by atomic mass is 10.2. The number of nitrogens with one attached hydrogen (secondary N) is 1. The molecular formula is C23H28Cl2N2O. The monoisotopic (exact) mass is 418 g/mol. The Morgan fingerprint density at radius 2 is 1.82 bits per heavy atom. The molecule has 0 fully saturated rings. The second kappa shape index (κ2) is 10.9. The molecule has 0 aliphatic carbocycles. The highest BCUT2D eigenvalue weighted by Gasteiger charge is 2.09. The summed E-state index contributed by atoms with van der Waals surface area (Å²) in [5.41, 5.74) is 3.68. The van der Waals surface area contributed by atoms with Gasteiger partial charge in [0, 0.05) is 43.4 Å². The fourth-order valence-corrected chi connectivity index (χ4v) is 3.62. The summed E-state index contributed by atoms with van der Waals surface area (Å²) in [5, 5.41) is 6.02. The number of aromatic nitrogens is 1. The number of para-hydroxylation sites is 1. The van der Waals surface area contributed by atoms with Gasteiger partial charge in [-0.05, 0) is 48.7 Å². The van der Waals surface area contributed by atoms with Gasteiger partial charge in [-0.25, -0.2) is 0 Å². The van der Waals surface area contributed by atoms with E-state index in [2.05, 4.69) is 47.3 Å². The predicted octanol–water partition coefficient (Wildman–Crippen LogP) is 6.29. The van der Waals surface area contributed by atoms with Crippen molar-refractivity contribution in [1.82, 2.24) is 9.88 Å². The molecule has 0 bridgehead atoms. The van der Waals surface area contributed by atoms with Crippen molar-refractivity contribution in [3.63, 3.8) is 0 Å². The van der Waals surface area contributed by atoms with Crippen LogP contribution in [0.15, 0.2) is 48.7 Å². The van der Waals surface area contributed by atoms with Crippen LogP contribution in [-0.4, -0.2) is 24.3 Å². The van der Waals surface area contributed by atoms with Gasteiger partial charge in [-0.2, -0.15) is 0 Å². The number of hydrogen-bond acceptors (Lipinski definition) is 2. The van der Waals surface area contributed by atoms with Crippen LogP contribution in [0, 0.1) is 0 Å². The molecule has 3 nitrogen and oxygen atoms in total. The number of hydrogen-bond donors (Lipinski definition) is 1. The fourth-order valence-electron chi connectivity index (χ4n) is 3.30. The van der Waals surface area contributed by atoms with Crippen molar-refractivity contribution in [2.45, 2.75) is 39.3 Å². The van der Waals surface area contributed by atoms with Crippen LogP contribution in [-0.2, 0) is 17.8 Å². The maximum Gasteiger partial charge on any atom is 0.0595 e. The molecular weight excluding hydrogens is 391 g/mol. The fraction of sp³-hybridized carbons (Fsp3) is 0.391. The number of rotatable bonds is 11. The van der Waals surface area contributed by atoms with Gasteiger partial charge in [0.05, 0.1) is 10.0 Å². The lowest BCUT2D eigenvalue weighted by Gasteiger charge is -2.07. The molecule has 0 amide bonds. The van der Waals surface area contributed by atoms with Gasteiger partial charge >= 0.3 is 0 Å². The highest BCUT2D eigenvalue weighted by atomic mass is 35.5. The summed E-state index contributed by atoms with van der Waals surface area (Å²) in [7, 11) is 0. The van der Waals surface area contributed by atoms with Crippen molar-refractivity contribution in [3.05, 3.63) is 69.8 Å². The second-order valence-corrected chi connectivity index (χ2v) is 7.86.